The van der Waals surface area contributed by atoms with Gasteiger partial charge in [-0.1, -0.05) is 17.4 Å². The van der Waals surface area contributed by atoms with Crippen molar-refractivity contribution in [3.05, 3.63) is 29.4 Å². The molecule has 2 aromatic rings. The van der Waals surface area contributed by atoms with E-state index in [-0.39, 0.29) is 0 Å². The molecule has 0 N–H and O–H groups in total. The molecule has 0 fully saturated rings. The monoisotopic (exact) mass is 285 g/mol. The van der Waals surface area contributed by atoms with Crippen molar-refractivity contribution in [2.45, 2.75) is 13.0 Å². The van der Waals surface area contributed by atoms with Crippen molar-refractivity contribution in [1.29, 1.82) is 0 Å². The summed E-state index contributed by atoms with van der Waals surface area (Å²) in [7, 11) is -3.50. The highest BCUT2D eigenvalue weighted by Crippen LogP contribution is 2.27. The largest absolute Gasteiger partial charge is 0.265 e. The third kappa shape index (κ3) is 3.31. The SMILES string of the molecule is C[C@@H](OS(C)(=O)=O)c1nnc(-c2ccccn2)s1. The third-order valence-corrected chi connectivity index (χ3v) is 3.74. The van der Waals surface area contributed by atoms with Crippen LogP contribution in [-0.2, 0) is 14.3 Å². The number of pyridine rings is 1. The number of nitrogens with zero attached hydrogens (tertiary/aromatic N) is 3. The summed E-state index contributed by atoms with van der Waals surface area (Å²) < 4.78 is 26.9. The molecule has 0 saturated heterocycles. The fraction of sp³-hybridized carbons (Fsp3) is 0.300. The smallest absolute Gasteiger partial charge is 0.260 e. The van der Waals surface area contributed by atoms with Gasteiger partial charge in [-0.25, -0.2) is 0 Å². The molecule has 0 amide bonds. The van der Waals surface area contributed by atoms with Crippen molar-refractivity contribution in [1.82, 2.24) is 15.2 Å². The predicted molar refractivity (Wildman–Crippen MR) is 67.5 cm³/mol. The summed E-state index contributed by atoms with van der Waals surface area (Å²) >= 11 is 1.26. The van der Waals surface area contributed by atoms with Crippen LogP contribution in [0.15, 0.2) is 24.4 Å². The second kappa shape index (κ2) is 5.09. The molecule has 0 aliphatic rings. The second-order valence-corrected chi connectivity index (χ2v) is 6.21. The molecule has 18 heavy (non-hydrogen) atoms. The highest BCUT2D eigenvalue weighted by molar-refractivity contribution is 7.86. The van der Waals surface area contributed by atoms with Crippen LogP contribution in [0.1, 0.15) is 18.0 Å². The molecule has 0 radical (unpaired) electrons. The van der Waals surface area contributed by atoms with Crippen molar-refractivity contribution in [3.8, 4) is 10.7 Å². The van der Waals surface area contributed by atoms with E-state index in [0.717, 1.165) is 6.26 Å². The predicted octanol–water partition coefficient (Wildman–Crippen LogP) is 1.64. The molecule has 2 heterocycles. The summed E-state index contributed by atoms with van der Waals surface area (Å²) in [5, 5.41) is 9.02. The molecule has 6 nitrogen and oxygen atoms in total. The van der Waals surface area contributed by atoms with Gasteiger partial charge in [0.05, 0.1) is 6.26 Å². The van der Waals surface area contributed by atoms with Crippen molar-refractivity contribution in [3.63, 3.8) is 0 Å². The van der Waals surface area contributed by atoms with E-state index >= 15 is 0 Å². The summed E-state index contributed by atoms with van der Waals surface area (Å²) in [5.41, 5.74) is 0.702. The van der Waals surface area contributed by atoms with E-state index in [1.165, 1.54) is 11.3 Å². The van der Waals surface area contributed by atoms with Crippen LogP contribution in [0.5, 0.6) is 0 Å². The number of rotatable bonds is 4. The first-order valence-corrected chi connectivity index (χ1v) is 7.72. The Morgan fingerprint density at radius 1 is 1.33 bits per heavy atom. The highest BCUT2D eigenvalue weighted by atomic mass is 32.2. The third-order valence-electron chi connectivity index (χ3n) is 1.99. The fourth-order valence-corrected chi connectivity index (χ4v) is 2.77. The molecule has 0 spiro atoms. The second-order valence-electron chi connectivity index (χ2n) is 3.60. The molecule has 8 heteroatoms. The molecular formula is C10H11N3O3S2. The van der Waals surface area contributed by atoms with Crippen LogP contribution in [0.25, 0.3) is 10.7 Å². The zero-order valence-corrected chi connectivity index (χ0v) is 11.4. The van der Waals surface area contributed by atoms with Gasteiger partial charge in [-0.2, -0.15) is 8.42 Å². The maximum absolute atomic E-state index is 11.0. The lowest BCUT2D eigenvalue weighted by Gasteiger charge is -2.05. The summed E-state index contributed by atoms with van der Waals surface area (Å²) in [6.07, 6.45) is 2.02. The quantitative estimate of drug-likeness (QED) is 0.794. The zero-order chi connectivity index (χ0) is 13.2. The van der Waals surface area contributed by atoms with E-state index in [4.69, 9.17) is 4.18 Å². The first-order chi connectivity index (χ1) is 8.46. The van der Waals surface area contributed by atoms with Gasteiger partial charge in [0.15, 0.2) is 5.01 Å². The number of hydrogen-bond acceptors (Lipinski definition) is 7. The van der Waals surface area contributed by atoms with Crippen molar-refractivity contribution < 1.29 is 12.6 Å². The Bertz CT molecular complexity index is 625. The van der Waals surface area contributed by atoms with Gasteiger partial charge in [0.1, 0.15) is 16.8 Å². The Kier molecular flexibility index (Phi) is 3.69. The fourth-order valence-electron chi connectivity index (χ4n) is 1.29. The minimum absolute atomic E-state index is 0.501. The van der Waals surface area contributed by atoms with Crippen LogP contribution in [-0.4, -0.2) is 29.9 Å². The first kappa shape index (κ1) is 13.1. The van der Waals surface area contributed by atoms with Gasteiger partial charge >= 0.3 is 0 Å². The molecule has 2 aromatic heterocycles. The lowest BCUT2D eigenvalue weighted by Crippen LogP contribution is -2.07. The van der Waals surface area contributed by atoms with E-state index in [1.54, 1.807) is 19.2 Å². The average Bonchev–Trinajstić information content (AvgIpc) is 2.77. The number of hydrogen-bond donors (Lipinski definition) is 0. The van der Waals surface area contributed by atoms with Gasteiger partial charge in [0.25, 0.3) is 10.1 Å². The average molecular weight is 285 g/mol. The van der Waals surface area contributed by atoms with Gasteiger partial charge in [0, 0.05) is 6.20 Å². The van der Waals surface area contributed by atoms with Crippen molar-refractivity contribution in [2.24, 2.45) is 0 Å². The zero-order valence-electron chi connectivity index (χ0n) is 9.77. The van der Waals surface area contributed by atoms with Gasteiger partial charge in [-0.05, 0) is 19.1 Å². The lowest BCUT2D eigenvalue weighted by atomic mass is 10.4. The van der Waals surface area contributed by atoms with E-state index in [1.807, 2.05) is 12.1 Å². The van der Waals surface area contributed by atoms with Gasteiger partial charge < -0.3 is 0 Å². The minimum atomic E-state index is -3.50. The van der Waals surface area contributed by atoms with E-state index in [0.29, 0.717) is 15.7 Å². The summed E-state index contributed by atoms with van der Waals surface area (Å²) in [6, 6.07) is 5.47. The van der Waals surface area contributed by atoms with Crippen LogP contribution >= 0.6 is 11.3 Å². The first-order valence-electron chi connectivity index (χ1n) is 5.09. The minimum Gasteiger partial charge on any atom is -0.260 e. The Hall–Kier alpha value is -1.38. The highest BCUT2D eigenvalue weighted by Gasteiger charge is 2.18. The van der Waals surface area contributed by atoms with Crippen LogP contribution < -0.4 is 0 Å². The van der Waals surface area contributed by atoms with Gasteiger partial charge in [-0.3, -0.25) is 9.17 Å². The summed E-state index contributed by atoms with van der Waals surface area (Å²) in [4.78, 5) is 4.15. The molecule has 0 aliphatic heterocycles. The Morgan fingerprint density at radius 2 is 2.11 bits per heavy atom. The maximum Gasteiger partial charge on any atom is 0.265 e. The van der Waals surface area contributed by atoms with E-state index < -0.39 is 16.2 Å². The maximum atomic E-state index is 11.0. The molecule has 0 saturated carbocycles. The summed E-state index contributed by atoms with van der Waals surface area (Å²) in [6.45, 7) is 1.61. The van der Waals surface area contributed by atoms with Crippen LogP contribution in [0, 0.1) is 0 Å². The molecule has 0 bridgehead atoms. The lowest BCUT2D eigenvalue weighted by molar-refractivity contribution is 0.235. The molecule has 2 rings (SSSR count). The Labute approximate surface area is 109 Å². The van der Waals surface area contributed by atoms with E-state index in [2.05, 4.69) is 15.2 Å². The molecule has 0 aromatic carbocycles. The molecule has 1 atom stereocenters. The van der Waals surface area contributed by atoms with Gasteiger partial charge in [-0.15, -0.1) is 10.2 Å². The topological polar surface area (TPSA) is 82.0 Å². The van der Waals surface area contributed by atoms with E-state index in [9.17, 15) is 8.42 Å². The normalized spacial score (nSPS) is 13.4. The van der Waals surface area contributed by atoms with Crippen LogP contribution in [0.3, 0.4) is 0 Å². The molecule has 0 aliphatic carbocycles. The molecular weight excluding hydrogens is 274 g/mol. The van der Waals surface area contributed by atoms with Gasteiger partial charge in [0.2, 0.25) is 0 Å². The van der Waals surface area contributed by atoms with Crippen molar-refractivity contribution in [2.75, 3.05) is 6.26 Å². The Morgan fingerprint density at radius 3 is 2.72 bits per heavy atom. The standard InChI is InChI=1S/C10H11N3O3S2/c1-7(16-18(2,14)15)9-12-13-10(17-9)8-5-3-4-6-11-8/h3-7H,1-2H3/t7-/m1/s1. The Balaban J connectivity index is 2.21. The number of aromatic nitrogens is 3. The molecule has 96 valence electrons. The van der Waals surface area contributed by atoms with Crippen molar-refractivity contribution >= 4 is 21.5 Å². The molecule has 0 unspecified atom stereocenters. The van der Waals surface area contributed by atoms with Crippen LogP contribution in [0.4, 0.5) is 0 Å². The van der Waals surface area contributed by atoms with Crippen LogP contribution in [0.2, 0.25) is 0 Å². The summed E-state index contributed by atoms with van der Waals surface area (Å²) in [5.74, 6) is 0.